The minimum Gasteiger partial charge on any atom is -0.385 e. The van der Waals surface area contributed by atoms with Crippen LogP contribution in [0.1, 0.15) is 59.3 Å². The van der Waals surface area contributed by atoms with Gasteiger partial charge >= 0.3 is 0 Å². The zero-order valence-electron chi connectivity index (χ0n) is 14.7. The summed E-state index contributed by atoms with van der Waals surface area (Å²) in [6, 6.07) is 8.59. The zero-order chi connectivity index (χ0) is 16.0. The van der Waals surface area contributed by atoms with E-state index < -0.39 is 0 Å². The van der Waals surface area contributed by atoms with Crippen LogP contribution in [0.4, 0.5) is 11.4 Å². The van der Waals surface area contributed by atoms with Crippen molar-refractivity contribution in [3.05, 3.63) is 24.3 Å². The molecule has 0 saturated heterocycles. The molecule has 0 amide bonds. The molecule has 1 aromatic carbocycles. The third-order valence-electron chi connectivity index (χ3n) is 3.60. The topological polar surface area (TPSA) is 33.3 Å². The Labute approximate surface area is 136 Å². The van der Waals surface area contributed by atoms with E-state index >= 15 is 0 Å². The summed E-state index contributed by atoms with van der Waals surface area (Å²) in [6.45, 7) is 9.25. The van der Waals surface area contributed by atoms with Crippen LogP contribution in [-0.4, -0.2) is 25.8 Å². The summed E-state index contributed by atoms with van der Waals surface area (Å²) in [5.74, 6) is 0. The van der Waals surface area contributed by atoms with Gasteiger partial charge in [0.15, 0.2) is 0 Å². The van der Waals surface area contributed by atoms with Crippen molar-refractivity contribution >= 4 is 11.4 Å². The van der Waals surface area contributed by atoms with Crippen molar-refractivity contribution in [2.24, 2.45) is 0 Å². The zero-order valence-corrected chi connectivity index (χ0v) is 14.7. The van der Waals surface area contributed by atoms with Gasteiger partial charge in [0.05, 0.1) is 6.10 Å². The van der Waals surface area contributed by atoms with E-state index in [0.29, 0.717) is 6.10 Å². The van der Waals surface area contributed by atoms with Crippen LogP contribution in [-0.2, 0) is 4.74 Å². The van der Waals surface area contributed by atoms with Gasteiger partial charge in [-0.3, -0.25) is 0 Å². The highest BCUT2D eigenvalue weighted by atomic mass is 16.5. The van der Waals surface area contributed by atoms with Crippen molar-refractivity contribution in [1.82, 2.24) is 0 Å². The summed E-state index contributed by atoms with van der Waals surface area (Å²) in [4.78, 5) is 0. The van der Waals surface area contributed by atoms with Crippen molar-refractivity contribution in [1.29, 1.82) is 0 Å². The highest BCUT2D eigenvalue weighted by molar-refractivity contribution is 5.53. The molecule has 22 heavy (non-hydrogen) atoms. The van der Waals surface area contributed by atoms with Gasteiger partial charge in [0.25, 0.3) is 0 Å². The standard InChI is InChI=1S/C19H34N2O/c1-4-5-6-7-8-14-20-18-10-12-19(13-11-18)21-15-9-16-22-17(2)3/h10-13,17,20-21H,4-9,14-16H2,1-3H3. The lowest BCUT2D eigenvalue weighted by Crippen LogP contribution is -2.09. The van der Waals surface area contributed by atoms with E-state index in [0.717, 1.165) is 26.1 Å². The molecule has 0 fully saturated rings. The lowest BCUT2D eigenvalue weighted by Gasteiger charge is -2.10. The Hall–Kier alpha value is -1.22. The lowest BCUT2D eigenvalue weighted by molar-refractivity contribution is 0.0787. The molecule has 0 aromatic heterocycles. The van der Waals surface area contributed by atoms with Crippen LogP contribution >= 0.6 is 0 Å². The summed E-state index contributed by atoms with van der Waals surface area (Å²) in [7, 11) is 0. The molecule has 0 radical (unpaired) electrons. The second-order valence-corrected chi connectivity index (χ2v) is 6.12. The molecule has 0 spiro atoms. The summed E-state index contributed by atoms with van der Waals surface area (Å²) in [6.07, 6.45) is 7.99. The van der Waals surface area contributed by atoms with Gasteiger partial charge < -0.3 is 15.4 Å². The first-order valence-electron chi connectivity index (χ1n) is 8.91. The quantitative estimate of drug-likeness (QED) is 0.485. The predicted octanol–water partition coefficient (Wildman–Crippen LogP) is 5.30. The third kappa shape index (κ3) is 9.67. The number of anilines is 2. The number of hydrogen-bond acceptors (Lipinski definition) is 3. The van der Waals surface area contributed by atoms with E-state index in [1.165, 1.54) is 43.5 Å². The largest absolute Gasteiger partial charge is 0.385 e. The SMILES string of the molecule is CCCCCCCNc1ccc(NCCCOC(C)C)cc1. The minimum atomic E-state index is 0.326. The van der Waals surface area contributed by atoms with Gasteiger partial charge in [0.1, 0.15) is 0 Å². The van der Waals surface area contributed by atoms with Crippen molar-refractivity contribution in [3.63, 3.8) is 0 Å². The molecule has 0 saturated carbocycles. The number of hydrogen-bond donors (Lipinski definition) is 2. The fraction of sp³-hybridized carbons (Fsp3) is 0.684. The number of benzene rings is 1. The fourth-order valence-corrected chi connectivity index (χ4v) is 2.29. The normalized spacial score (nSPS) is 10.9. The maximum atomic E-state index is 5.53. The Morgan fingerprint density at radius 1 is 0.818 bits per heavy atom. The van der Waals surface area contributed by atoms with Crippen molar-refractivity contribution in [2.45, 2.75) is 65.4 Å². The monoisotopic (exact) mass is 306 g/mol. The Morgan fingerprint density at radius 3 is 1.91 bits per heavy atom. The summed E-state index contributed by atoms with van der Waals surface area (Å²) < 4.78 is 5.53. The van der Waals surface area contributed by atoms with E-state index in [1.54, 1.807) is 0 Å². The van der Waals surface area contributed by atoms with E-state index in [4.69, 9.17) is 4.74 Å². The first-order valence-corrected chi connectivity index (χ1v) is 8.91. The molecule has 0 aliphatic heterocycles. The Balaban J connectivity index is 2.09. The van der Waals surface area contributed by atoms with E-state index in [1.807, 2.05) is 0 Å². The fourth-order valence-electron chi connectivity index (χ4n) is 2.29. The summed E-state index contributed by atoms with van der Waals surface area (Å²) in [5.41, 5.74) is 2.39. The number of unbranched alkanes of at least 4 members (excludes halogenated alkanes) is 4. The second kappa shape index (κ2) is 12.3. The van der Waals surface area contributed by atoms with Gasteiger partial charge in [-0.25, -0.2) is 0 Å². The smallest absolute Gasteiger partial charge is 0.0518 e. The molecule has 2 N–H and O–H groups in total. The average Bonchev–Trinajstić information content (AvgIpc) is 2.51. The molecule has 0 atom stereocenters. The van der Waals surface area contributed by atoms with Gasteiger partial charge in [-0.2, -0.15) is 0 Å². The maximum absolute atomic E-state index is 5.53. The summed E-state index contributed by atoms with van der Waals surface area (Å²) in [5, 5.41) is 6.92. The lowest BCUT2D eigenvalue weighted by atomic mass is 10.1. The van der Waals surface area contributed by atoms with Crippen molar-refractivity contribution in [2.75, 3.05) is 30.3 Å². The molecule has 0 heterocycles. The van der Waals surface area contributed by atoms with Crippen LogP contribution in [0.3, 0.4) is 0 Å². The highest BCUT2D eigenvalue weighted by Gasteiger charge is 1.96. The first-order chi connectivity index (χ1) is 10.7. The van der Waals surface area contributed by atoms with Gasteiger partial charge in [-0.1, -0.05) is 32.6 Å². The van der Waals surface area contributed by atoms with Gasteiger partial charge in [-0.05, 0) is 51.0 Å². The van der Waals surface area contributed by atoms with Crippen LogP contribution in [0, 0.1) is 0 Å². The van der Waals surface area contributed by atoms with E-state index in [-0.39, 0.29) is 0 Å². The van der Waals surface area contributed by atoms with Crippen molar-refractivity contribution in [3.8, 4) is 0 Å². The molecule has 1 aromatic rings. The van der Waals surface area contributed by atoms with Crippen LogP contribution < -0.4 is 10.6 Å². The third-order valence-corrected chi connectivity index (χ3v) is 3.60. The molecular weight excluding hydrogens is 272 g/mol. The Bertz CT molecular complexity index is 362. The molecule has 126 valence electrons. The molecule has 3 heteroatoms. The maximum Gasteiger partial charge on any atom is 0.0518 e. The van der Waals surface area contributed by atoms with Crippen LogP contribution in [0.25, 0.3) is 0 Å². The molecule has 0 aliphatic rings. The van der Waals surface area contributed by atoms with Crippen LogP contribution in [0.2, 0.25) is 0 Å². The second-order valence-electron chi connectivity index (χ2n) is 6.12. The molecule has 1 rings (SSSR count). The number of rotatable bonds is 13. The van der Waals surface area contributed by atoms with Gasteiger partial charge in [0, 0.05) is 31.1 Å². The van der Waals surface area contributed by atoms with Crippen molar-refractivity contribution < 1.29 is 4.74 Å². The van der Waals surface area contributed by atoms with Crippen LogP contribution in [0.5, 0.6) is 0 Å². The molecule has 0 bridgehead atoms. The molecule has 0 aliphatic carbocycles. The first kappa shape index (κ1) is 18.8. The summed E-state index contributed by atoms with van der Waals surface area (Å²) >= 11 is 0. The Kier molecular flexibility index (Phi) is 10.6. The minimum absolute atomic E-state index is 0.326. The Morgan fingerprint density at radius 2 is 1.36 bits per heavy atom. The number of nitrogens with one attached hydrogen (secondary N) is 2. The predicted molar refractivity (Wildman–Crippen MR) is 97.9 cm³/mol. The van der Waals surface area contributed by atoms with Gasteiger partial charge in [0.2, 0.25) is 0 Å². The van der Waals surface area contributed by atoms with E-state index in [2.05, 4.69) is 55.7 Å². The molecule has 0 unspecified atom stereocenters. The molecular formula is C19H34N2O. The number of ether oxygens (including phenoxy) is 1. The highest BCUT2D eigenvalue weighted by Crippen LogP contribution is 2.14. The van der Waals surface area contributed by atoms with Gasteiger partial charge in [-0.15, -0.1) is 0 Å². The van der Waals surface area contributed by atoms with E-state index in [9.17, 15) is 0 Å². The molecule has 3 nitrogen and oxygen atoms in total. The van der Waals surface area contributed by atoms with Crippen LogP contribution in [0.15, 0.2) is 24.3 Å². The average molecular weight is 306 g/mol.